The van der Waals surface area contributed by atoms with Gasteiger partial charge in [0.25, 0.3) is 0 Å². The number of aliphatic carboxylic acids is 1. The number of nitrogens with zero attached hydrogens (tertiary/aromatic N) is 1. The van der Waals surface area contributed by atoms with Gasteiger partial charge < -0.3 is 10.0 Å². The Balaban J connectivity index is 2.06. The minimum absolute atomic E-state index is 0.0186. The van der Waals surface area contributed by atoms with Crippen LogP contribution in [0.5, 0.6) is 0 Å². The van der Waals surface area contributed by atoms with Crippen LogP contribution in [-0.2, 0) is 19.6 Å². The average Bonchev–Trinajstić information content (AvgIpc) is 2.94. The highest BCUT2D eigenvalue weighted by Gasteiger charge is 2.52. The monoisotopic (exact) mass is 318 g/mol. The van der Waals surface area contributed by atoms with E-state index in [1.54, 1.807) is 11.8 Å². The number of carboxylic acid groups (broad SMARTS) is 1. The Kier molecular flexibility index (Phi) is 4.57. The van der Waals surface area contributed by atoms with Crippen LogP contribution in [0.2, 0.25) is 0 Å². The van der Waals surface area contributed by atoms with Gasteiger partial charge in [0, 0.05) is 12.1 Å². The van der Waals surface area contributed by atoms with Gasteiger partial charge in [-0.2, -0.15) is 0 Å². The molecule has 2 bridgehead atoms. The molecule has 0 radical (unpaired) electrons. The van der Waals surface area contributed by atoms with Crippen molar-refractivity contribution in [1.29, 1.82) is 0 Å². The van der Waals surface area contributed by atoms with Crippen LogP contribution in [-0.4, -0.2) is 54.2 Å². The molecule has 0 spiro atoms. The lowest BCUT2D eigenvalue weighted by molar-refractivity contribution is -0.143. The third-order valence-electron chi connectivity index (χ3n) is 4.31. The van der Waals surface area contributed by atoms with Crippen molar-refractivity contribution in [1.82, 2.24) is 9.62 Å². The second-order valence-electron chi connectivity index (χ2n) is 5.88. The Morgan fingerprint density at radius 1 is 1.38 bits per heavy atom. The Morgan fingerprint density at radius 3 is 2.57 bits per heavy atom. The van der Waals surface area contributed by atoms with Crippen LogP contribution in [0.15, 0.2) is 0 Å². The summed E-state index contributed by atoms with van der Waals surface area (Å²) in [5.74, 6) is -1.73. The topological polar surface area (TPSA) is 104 Å². The number of carboxylic acids is 1. The molecule has 2 N–H and O–H groups in total. The Morgan fingerprint density at radius 2 is 2.05 bits per heavy atom. The largest absolute Gasteiger partial charge is 0.481 e. The maximum atomic E-state index is 12.5. The van der Waals surface area contributed by atoms with E-state index in [0.717, 1.165) is 6.42 Å². The van der Waals surface area contributed by atoms with Crippen molar-refractivity contribution in [2.24, 2.45) is 5.92 Å². The maximum absolute atomic E-state index is 12.5. The molecule has 4 atom stereocenters. The third kappa shape index (κ3) is 3.21. The third-order valence-corrected chi connectivity index (χ3v) is 5.97. The van der Waals surface area contributed by atoms with Gasteiger partial charge in [-0.25, -0.2) is 13.1 Å². The summed E-state index contributed by atoms with van der Waals surface area (Å²) >= 11 is 0. The number of amides is 1. The lowest BCUT2D eigenvalue weighted by Gasteiger charge is -2.26. The average molecular weight is 318 g/mol. The summed E-state index contributed by atoms with van der Waals surface area (Å²) in [6.45, 7) is 3.27. The number of nitrogens with one attached hydrogen (secondary N) is 1. The molecule has 7 nitrogen and oxygen atoms in total. The highest BCUT2D eigenvalue weighted by molar-refractivity contribution is 7.89. The molecule has 120 valence electrons. The number of sulfonamides is 1. The number of fused-ring (bicyclic) bond motifs is 2. The number of carbonyl (C=O) groups is 2. The fourth-order valence-electron chi connectivity index (χ4n) is 3.47. The van der Waals surface area contributed by atoms with Gasteiger partial charge in [0.15, 0.2) is 0 Å². The summed E-state index contributed by atoms with van der Waals surface area (Å²) in [6, 6.07) is -1.21. The zero-order valence-corrected chi connectivity index (χ0v) is 13.1. The van der Waals surface area contributed by atoms with E-state index in [-0.39, 0.29) is 23.7 Å². The number of hydrogen-bond donors (Lipinski definition) is 2. The van der Waals surface area contributed by atoms with Gasteiger partial charge in [0.05, 0.1) is 17.7 Å². The second kappa shape index (κ2) is 5.92. The molecular formula is C13H22N2O5S. The standard InChI is InChI=1S/C13H22N2O5S/c1-3-6-21(19,20)14-8(2)12(16)15-9-4-5-11(15)10(7-9)13(17)18/h8-11,14H,3-7H2,1-2H3,(H,17,18). The van der Waals surface area contributed by atoms with Crippen molar-refractivity contribution < 1.29 is 23.1 Å². The van der Waals surface area contributed by atoms with E-state index in [4.69, 9.17) is 0 Å². The van der Waals surface area contributed by atoms with Gasteiger partial charge in [-0.15, -0.1) is 0 Å². The van der Waals surface area contributed by atoms with Crippen molar-refractivity contribution in [2.75, 3.05) is 5.75 Å². The van der Waals surface area contributed by atoms with Crippen molar-refractivity contribution in [3.8, 4) is 0 Å². The van der Waals surface area contributed by atoms with Crippen LogP contribution in [0.25, 0.3) is 0 Å². The van der Waals surface area contributed by atoms with Gasteiger partial charge >= 0.3 is 5.97 Å². The Labute approximate surface area is 124 Å². The molecule has 4 unspecified atom stereocenters. The molecule has 0 aliphatic carbocycles. The highest BCUT2D eigenvalue weighted by Crippen LogP contribution is 2.42. The van der Waals surface area contributed by atoms with Crippen LogP contribution >= 0.6 is 0 Å². The lowest BCUT2D eigenvalue weighted by Crippen LogP contribution is -2.49. The molecule has 2 heterocycles. The fourth-order valence-corrected chi connectivity index (χ4v) is 4.76. The second-order valence-corrected chi connectivity index (χ2v) is 7.76. The van der Waals surface area contributed by atoms with Crippen molar-refractivity contribution in [2.45, 2.75) is 57.7 Å². The first kappa shape index (κ1) is 16.2. The maximum Gasteiger partial charge on any atom is 0.308 e. The van der Waals surface area contributed by atoms with E-state index in [0.29, 0.717) is 19.3 Å². The van der Waals surface area contributed by atoms with Crippen LogP contribution in [0, 0.1) is 5.92 Å². The molecule has 0 aromatic heterocycles. The Hall–Kier alpha value is -1.15. The zero-order chi connectivity index (χ0) is 15.8. The number of rotatable bonds is 6. The first-order chi connectivity index (χ1) is 9.76. The molecule has 0 saturated carbocycles. The quantitative estimate of drug-likeness (QED) is 0.726. The fraction of sp³-hybridized carbons (Fsp3) is 0.846. The summed E-state index contributed by atoms with van der Waals surface area (Å²) < 4.78 is 25.9. The van der Waals surface area contributed by atoms with Crippen molar-refractivity contribution in [3.05, 3.63) is 0 Å². The van der Waals surface area contributed by atoms with E-state index in [1.165, 1.54) is 6.92 Å². The van der Waals surface area contributed by atoms with Gasteiger partial charge in [0.1, 0.15) is 0 Å². The number of carbonyl (C=O) groups excluding carboxylic acids is 1. The number of hydrogen-bond acceptors (Lipinski definition) is 4. The van der Waals surface area contributed by atoms with Crippen LogP contribution < -0.4 is 4.72 Å². The molecule has 2 rings (SSSR count). The molecule has 0 aromatic rings. The molecule has 2 aliphatic rings. The van der Waals surface area contributed by atoms with Gasteiger partial charge in [-0.1, -0.05) is 6.92 Å². The van der Waals surface area contributed by atoms with Crippen molar-refractivity contribution in [3.63, 3.8) is 0 Å². The molecule has 0 aromatic carbocycles. The summed E-state index contributed by atoms with van der Waals surface area (Å²) in [4.78, 5) is 25.3. The summed E-state index contributed by atoms with van der Waals surface area (Å²) in [6.07, 6.45) is 2.43. The molecular weight excluding hydrogens is 296 g/mol. The molecule has 1 amide bonds. The van der Waals surface area contributed by atoms with E-state index in [1.807, 2.05) is 0 Å². The van der Waals surface area contributed by atoms with Crippen LogP contribution in [0.1, 0.15) is 39.5 Å². The molecule has 21 heavy (non-hydrogen) atoms. The minimum atomic E-state index is -3.46. The SMILES string of the molecule is CCCS(=O)(=O)NC(C)C(=O)N1C2CCC1C(C(=O)O)C2. The lowest BCUT2D eigenvalue weighted by atomic mass is 9.89. The van der Waals surface area contributed by atoms with Gasteiger partial charge in [-0.05, 0) is 32.6 Å². The Bertz CT molecular complexity index is 533. The predicted octanol–water partition coefficient (Wildman–Crippen LogP) is 0.168. The molecule has 2 fully saturated rings. The molecule has 2 saturated heterocycles. The van der Waals surface area contributed by atoms with Gasteiger partial charge in [0.2, 0.25) is 15.9 Å². The van der Waals surface area contributed by atoms with Crippen LogP contribution in [0.4, 0.5) is 0 Å². The van der Waals surface area contributed by atoms with E-state index in [9.17, 15) is 23.1 Å². The van der Waals surface area contributed by atoms with Crippen molar-refractivity contribution >= 4 is 21.9 Å². The first-order valence-electron chi connectivity index (χ1n) is 7.31. The summed E-state index contributed by atoms with van der Waals surface area (Å²) in [7, 11) is -3.46. The zero-order valence-electron chi connectivity index (χ0n) is 12.3. The smallest absolute Gasteiger partial charge is 0.308 e. The minimum Gasteiger partial charge on any atom is -0.481 e. The first-order valence-corrected chi connectivity index (χ1v) is 8.97. The molecule has 8 heteroatoms. The van der Waals surface area contributed by atoms with Crippen LogP contribution in [0.3, 0.4) is 0 Å². The summed E-state index contributed by atoms with van der Waals surface area (Å²) in [5, 5.41) is 9.18. The normalized spacial score (nSPS) is 29.6. The predicted molar refractivity (Wildman–Crippen MR) is 76.1 cm³/mol. The summed E-state index contributed by atoms with van der Waals surface area (Å²) in [5.41, 5.74) is 0. The van der Waals surface area contributed by atoms with E-state index < -0.39 is 28.0 Å². The molecule has 2 aliphatic heterocycles. The van der Waals surface area contributed by atoms with Gasteiger partial charge in [-0.3, -0.25) is 9.59 Å². The van der Waals surface area contributed by atoms with E-state index >= 15 is 0 Å². The highest BCUT2D eigenvalue weighted by atomic mass is 32.2. The van der Waals surface area contributed by atoms with E-state index in [2.05, 4.69) is 4.72 Å².